The summed E-state index contributed by atoms with van der Waals surface area (Å²) >= 11 is 0. The van der Waals surface area contributed by atoms with Crippen LogP contribution in [0.4, 0.5) is 0 Å². The summed E-state index contributed by atoms with van der Waals surface area (Å²) in [6.45, 7) is 1.40. The molecule has 1 fully saturated rings. The summed E-state index contributed by atoms with van der Waals surface area (Å²) in [4.78, 5) is 36.8. The highest BCUT2D eigenvalue weighted by Crippen LogP contribution is 2.20. The average Bonchev–Trinajstić information content (AvgIpc) is 2.96. The predicted octanol–water partition coefficient (Wildman–Crippen LogP) is 1.27. The molecule has 1 aliphatic heterocycles. The van der Waals surface area contributed by atoms with Gasteiger partial charge >= 0.3 is 5.97 Å². The molecule has 6 nitrogen and oxygen atoms in total. The Morgan fingerprint density at radius 2 is 2.08 bits per heavy atom. The number of carbonyl (C=O) groups excluding carboxylic acids is 3. The lowest BCUT2D eigenvalue weighted by atomic mass is 10.1. The van der Waals surface area contributed by atoms with Crippen molar-refractivity contribution in [2.45, 2.75) is 19.4 Å². The van der Waals surface area contributed by atoms with Gasteiger partial charge in [0.2, 0.25) is 11.8 Å². The standard InChI is InChI=1S/C18H22N2O4/c1-24-17(22)9-5-6-10-19-18(23)15-11-16(21)20(13-15)12-14-7-3-2-4-8-14/h2-5,7-9,15H,6,10-13H2,1H3,(H,19,23)/b9-5+. The number of amides is 2. The molecule has 2 amide bonds. The van der Waals surface area contributed by atoms with Gasteiger partial charge in [0, 0.05) is 32.1 Å². The molecular formula is C18H22N2O4. The maximum absolute atomic E-state index is 12.1. The lowest BCUT2D eigenvalue weighted by Crippen LogP contribution is -2.33. The number of carbonyl (C=O) groups is 3. The Hall–Kier alpha value is -2.63. The van der Waals surface area contributed by atoms with Crippen LogP contribution in [0.5, 0.6) is 0 Å². The van der Waals surface area contributed by atoms with Crippen molar-refractivity contribution in [3.63, 3.8) is 0 Å². The van der Waals surface area contributed by atoms with E-state index >= 15 is 0 Å². The number of benzene rings is 1. The van der Waals surface area contributed by atoms with Crippen LogP contribution in [-0.4, -0.2) is 42.9 Å². The first-order valence-electron chi connectivity index (χ1n) is 7.94. The van der Waals surface area contributed by atoms with Gasteiger partial charge in [-0.05, 0) is 12.0 Å². The van der Waals surface area contributed by atoms with Crippen molar-refractivity contribution in [1.82, 2.24) is 10.2 Å². The van der Waals surface area contributed by atoms with E-state index in [1.165, 1.54) is 13.2 Å². The Morgan fingerprint density at radius 3 is 2.79 bits per heavy atom. The molecular weight excluding hydrogens is 308 g/mol. The summed E-state index contributed by atoms with van der Waals surface area (Å²) in [5.41, 5.74) is 1.06. The summed E-state index contributed by atoms with van der Waals surface area (Å²) in [7, 11) is 1.31. The number of esters is 1. The maximum atomic E-state index is 12.1. The van der Waals surface area contributed by atoms with E-state index in [1.807, 2.05) is 30.3 Å². The largest absolute Gasteiger partial charge is 0.466 e. The zero-order chi connectivity index (χ0) is 17.4. The Balaban J connectivity index is 1.75. The molecule has 1 saturated heterocycles. The molecule has 0 aliphatic carbocycles. The lowest BCUT2D eigenvalue weighted by Gasteiger charge is -2.16. The minimum absolute atomic E-state index is 0.00425. The highest BCUT2D eigenvalue weighted by atomic mass is 16.5. The van der Waals surface area contributed by atoms with Crippen LogP contribution in [0.3, 0.4) is 0 Å². The molecule has 2 rings (SSSR count). The van der Waals surface area contributed by atoms with E-state index in [-0.39, 0.29) is 24.2 Å². The molecule has 1 aromatic rings. The molecule has 1 N–H and O–H groups in total. The van der Waals surface area contributed by atoms with Crippen molar-refractivity contribution in [3.8, 4) is 0 Å². The summed E-state index contributed by atoms with van der Waals surface area (Å²) in [6.07, 6.45) is 3.76. The first-order valence-corrected chi connectivity index (χ1v) is 7.94. The summed E-state index contributed by atoms with van der Waals surface area (Å²) < 4.78 is 4.48. The van der Waals surface area contributed by atoms with Gasteiger partial charge in [-0.25, -0.2) is 4.79 Å². The normalized spacial score (nSPS) is 17.3. The van der Waals surface area contributed by atoms with E-state index < -0.39 is 5.97 Å². The third-order valence-electron chi connectivity index (χ3n) is 3.87. The van der Waals surface area contributed by atoms with Gasteiger partial charge in [0.05, 0.1) is 13.0 Å². The predicted molar refractivity (Wildman–Crippen MR) is 88.7 cm³/mol. The maximum Gasteiger partial charge on any atom is 0.330 e. The number of nitrogens with one attached hydrogen (secondary N) is 1. The Kier molecular flexibility index (Phi) is 6.54. The first kappa shape index (κ1) is 17.7. The van der Waals surface area contributed by atoms with Gasteiger partial charge in [-0.1, -0.05) is 36.4 Å². The smallest absolute Gasteiger partial charge is 0.330 e. The molecule has 1 aromatic carbocycles. The molecule has 0 spiro atoms. The fourth-order valence-electron chi connectivity index (χ4n) is 2.58. The second kappa shape index (κ2) is 8.86. The van der Waals surface area contributed by atoms with E-state index in [2.05, 4.69) is 10.1 Å². The number of hydrogen-bond donors (Lipinski definition) is 1. The second-order valence-corrected chi connectivity index (χ2v) is 5.67. The highest BCUT2D eigenvalue weighted by molar-refractivity contribution is 5.89. The molecule has 6 heteroatoms. The van der Waals surface area contributed by atoms with E-state index in [4.69, 9.17) is 0 Å². The number of ether oxygens (including phenoxy) is 1. The average molecular weight is 330 g/mol. The Morgan fingerprint density at radius 1 is 1.33 bits per heavy atom. The minimum Gasteiger partial charge on any atom is -0.466 e. The monoisotopic (exact) mass is 330 g/mol. The highest BCUT2D eigenvalue weighted by Gasteiger charge is 2.33. The SMILES string of the molecule is COC(=O)/C=C/CCNC(=O)C1CC(=O)N(Cc2ccccc2)C1. The van der Waals surface area contributed by atoms with Crippen LogP contribution in [0.25, 0.3) is 0 Å². The molecule has 1 aliphatic rings. The van der Waals surface area contributed by atoms with Gasteiger partial charge in [-0.2, -0.15) is 0 Å². The molecule has 128 valence electrons. The number of hydrogen-bond acceptors (Lipinski definition) is 4. The van der Waals surface area contributed by atoms with E-state index in [9.17, 15) is 14.4 Å². The molecule has 24 heavy (non-hydrogen) atoms. The second-order valence-electron chi connectivity index (χ2n) is 5.67. The zero-order valence-corrected chi connectivity index (χ0v) is 13.7. The third kappa shape index (κ3) is 5.22. The van der Waals surface area contributed by atoms with Gasteiger partial charge in [-0.15, -0.1) is 0 Å². The van der Waals surface area contributed by atoms with Crippen molar-refractivity contribution in [2.24, 2.45) is 5.92 Å². The lowest BCUT2D eigenvalue weighted by molar-refractivity contribution is -0.134. The fraction of sp³-hybridized carbons (Fsp3) is 0.389. The third-order valence-corrected chi connectivity index (χ3v) is 3.87. The van der Waals surface area contributed by atoms with Crippen molar-refractivity contribution in [3.05, 3.63) is 48.0 Å². The minimum atomic E-state index is -0.417. The molecule has 1 unspecified atom stereocenters. The van der Waals surface area contributed by atoms with Gasteiger partial charge < -0.3 is 15.0 Å². The van der Waals surface area contributed by atoms with E-state index in [0.717, 1.165) is 5.56 Å². The van der Waals surface area contributed by atoms with Crippen molar-refractivity contribution < 1.29 is 19.1 Å². The van der Waals surface area contributed by atoms with Gasteiger partial charge in [0.25, 0.3) is 0 Å². The molecule has 0 bridgehead atoms. The van der Waals surface area contributed by atoms with Crippen LogP contribution in [0.15, 0.2) is 42.5 Å². The Labute approximate surface area is 141 Å². The summed E-state index contributed by atoms with van der Waals surface area (Å²) in [5, 5.41) is 2.80. The van der Waals surface area contributed by atoms with Crippen LogP contribution in [0.1, 0.15) is 18.4 Å². The number of likely N-dealkylation sites (tertiary alicyclic amines) is 1. The zero-order valence-electron chi connectivity index (χ0n) is 13.7. The van der Waals surface area contributed by atoms with Gasteiger partial charge in [0.15, 0.2) is 0 Å². The van der Waals surface area contributed by atoms with Crippen molar-refractivity contribution >= 4 is 17.8 Å². The van der Waals surface area contributed by atoms with Crippen molar-refractivity contribution in [2.75, 3.05) is 20.2 Å². The molecule has 0 aromatic heterocycles. The quantitative estimate of drug-likeness (QED) is 0.464. The first-order chi connectivity index (χ1) is 11.6. The molecule has 1 atom stereocenters. The van der Waals surface area contributed by atoms with Gasteiger partial charge in [0.1, 0.15) is 0 Å². The number of nitrogens with zero attached hydrogens (tertiary/aromatic N) is 1. The topological polar surface area (TPSA) is 75.7 Å². The van der Waals surface area contributed by atoms with Crippen LogP contribution in [0.2, 0.25) is 0 Å². The Bertz CT molecular complexity index is 613. The fourth-order valence-corrected chi connectivity index (χ4v) is 2.58. The molecule has 1 heterocycles. The molecule has 0 saturated carbocycles. The number of rotatable bonds is 7. The molecule has 0 radical (unpaired) electrons. The van der Waals surface area contributed by atoms with Gasteiger partial charge in [-0.3, -0.25) is 9.59 Å². The van der Waals surface area contributed by atoms with Crippen LogP contribution in [-0.2, 0) is 25.7 Å². The van der Waals surface area contributed by atoms with E-state index in [1.54, 1.807) is 11.0 Å². The summed E-state index contributed by atoms with van der Waals surface area (Å²) in [5.74, 6) is -0.847. The van der Waals surface area contributed by atoms with Crippen LogP contribution < -0.4 is 5.32 Å². The van der Waals surface area contributed by atoms with Crippen LogP contribution >= 0.6 is 0 Å². The summed E-state index contributed by atoms with van der Waals surface area (Å²) in [6, 6.07) is 9.73. The number of methoxy groups -OCH3 is 1. The van der Waals surface area contributed by atoms with Crippen LogP contribution in [0, 0.1) is 5.92 Å². The van der Waals surface area contributed by atoms with Crippen molar-refractivity contribution in [1.29, 1.82) is 0 Å². The van der Waals surface area contributed by atoms with E-state index in [0.29, 0.717) is 26.1 Å².